The lowest BCUT2D eigenvalue weighted by molar-refractivity contribution is 0.230. The van der Waals surface area contributed by atoms with E-state index in [1.165, 1.54) is 0 Å². The van der Waals surface area contributed by atoms with E-state index in [9.17, 15) is 0 Å². The van der Waals surface area contributed by atoms with Crippen molar-refractivity contribution in [2.45, 2.75) is 26.5 Å². The first kappa shape index (κ1) is 21.6. The molecule has 0 amide bonds. The molecule has 0 radical (unpaired) electrons. The zero-order valence-electron chi connectivity index (χ0n) is 14.5. The van der Waals surface area contributed by atoms with E-state index in [-0.39, 0.29) is 30.1 Å². The zero-order valence-corrected chi connectivity index (χ0v) is 17.6. The Balaban J connectivity index is 0.00000312. The Labute approximate surface area is 171 Å². The van der Waals surface area contributed by atoms with Crippen molar-refractivity contribution in [3.05, 3.63) is 47.7 Å². The maximum atomic E-state index is 5.87. The third-order valence-corrected chi connectivity index (χ3v) is 3.45. The summed E-state index contributed by atoms with van der Waals surface area (Å²) in [6.45, 7) is 6.93. The van der Waals surface area contributed by atoms with E-state index in [0.29, 0.717) is 11.6 Å². The summed E-state index contributed by atoms with van der Waals surface area (Å²) in [5, 5.41) is 11.4. The molecule has 6 nitrogen and oxygen atoms in total. The van der Waals surface area contributed by atoms with Crippen molar-refractivity contribution in [3.63, 3.8) is 0 Å². The van der Waals surface area contributed by atoms with Gasteiger partial charge in [-0.25, -0.2) is 4.99 Å². The van der Waals surface area contributed by atoms with Gasteiger partial charge < -0.3 is 15.4 Å². The average molecular weight is 478 g/mol. The normalized spacial score (nSPS) is 12.2. The molecule has 0 fully saturated rings. The summed E-state index contributed by atoms with van der Waals surface area (Å²) in [6, 6.07) is 9.25. The summed E-state index contributed by atoms with van der Waals surface area (Å²) in [6.07, 6.45) is 3.68. The minimum absolute atomic E-state index is 0. The van der Waals surface area contributed by atoms with Crippen molar-refractivity contribution in [2.75, 3.05) is 19.6 Å². The maximum Gasteiger partial charge on any atom is 0.191 e. The van der Waals surface area contributed by atoms with Crippen LogP contribution in [0.2, 0.25) is 5.02 Å². The zero-order chi connectivity index (χ0) is 17.2. The van der Waals surface area contributed by atoms with Crippen molar-refractivity contribution in [2.24, 2.45) is 4.99 Å². The Morgan fingerprint density at radius 3 is 2.72 bits per heavy atom. The van der Waals surface area contributed by atoms with Crippen LogP contribution in [-0.4, -0.2) is 41.5 Å². The fourth-order valence-corrected chi connectivity index (χ4v) is 2.19. The molecule has 138 valence electrons. The molecule has 0 saturated heterocycles. The Bertz CT molecular complexity index is 618. The molecule has 2 rings (SSSR count). The number of guanidine groups is 1. The second-order valence-electron chi connectivity index (χ2n) is 5.30. The number of ether oxygens (including phenoxy) is 1. The van der Waals surface area contributed by atoms with Gasteiger partial charge in [-0.3, -0.25) is 4.68 Å². The van der Waals surface area contributed by atoms with E-state index >= 15 is 0 Å². The molecule has 1 aromatic carbocycles. The lowest BCUT2D eigenvalue weighted by Crippen LogP contribution is -2.39. The second-order valence-corrected chi connectivity index (χ2v) is 5.73. The molecule has 8 heteroatoms. The first-order valence-corrected chi connectivity index (χ1v) is 8.47. The van der Waals surface area contributed by atoms with Gasteiger partial charge in [0.05, 0.1) is 13.1 Å². The lowest BCUT2D eigenvalue weighted by atomic mass is 10.3. The van der Waals surface area contributed by atoms with Crippen LogP contribution in [0.4, 0.5) is 0 Å². The SMILES string of the molecule is CCNC(=NCC(C)Oc1ccc(Cl)cc1)NCCn1cccn1.I. The maximum absolute atomic E-state index is 5.87. The summed E-state index contributed by atoms with van der Waals surface area (Å²) in [4.78, 5) is 4.56. The number of aromatic nitrogens is 2. The van der Waals surface area contributed by atoms with Crippen LogP contribution in [0.5, 0.6) is 5.75 Å². The summed E-state index contributed by atoms with van der Waals surface area (Å²) < 4.78 is 7.70. The fraction of sp³-hybridized carbons (Fsp3) is 0.412. The molecule has 2 aromatic rings. The second kappa shape index (κ2) is 12.0. The predicted molar refractivity (Wildman–Crippen MR) is 113 cm³/mol. The molecule has 0 aliphatic rings. The van der Waals surface area contributed by atoms with Gasteiger partial charge in [0, 0.05) is 30.5 Å². The van der Waals surface area contributed by atoms with Crippen molar-refractivity contribution < 1.29 is 4.74 Å². The van der Waals surface area contributed by atoms with E-state index in [4.69, 9.17) is 16.3 Å². The Kier molecular flexibility index (Phi) is 10.3. The lowest BCUT2D eigenvalue weighted by Gasteiger charge is -2.15. The Hall–Kier alpha value is -1.48. The van der Waals surface area contributed by atoms with Crippen LogP contribution in [0, 0.1) is 0 Å². The van der Waals surface area contributed by atoms with Crippen LogP contribution in [0.1, 0.15) is 13.8 Å². The third-order valence-electron chi connectivity index (χ3n) is 3.19. The van der Waals surface area contributed by atoms with E-state index in [2.05, 4.69) is 20.7 Å². The minimum Gasteiger partial charge on any atom is -0.489 e. The molecule has 0 aliphatic carbocycles. The van der Waals surface area contributed by atoms with Gasteiger partial charge in [-0.15, -0.1) is 24.0 Å². The molecule has 0 spiro atoms. The molecule has 0 saturated carbocycles. The van der Waals surface area contributed by atoms with Gasteiger partial charge in [-0.05, 0) is 44.2 Å². The highest BCUT2D eigenvalue weighted by Gasteiger charge is 2.05. The number of nitrogens with one attached hydrogen (secondary N) is 2. The van der Waals surface area contributed by atoms with Crippen LogP contribution >= 0.6 is 35.6 Å². The van der Waals surface area contributed by atoms with Gasteiger partial charge in [0.25, 0.3) is 0 Å². The highest BCUT2D eigenvalue weighted by molar-refractivity contribution is 14.0. The van der Waals surface area contributed by atoms with Crippen molar-refractivity contribution >= 4 is 41.5 Å². The van der Waals surface area contributed by atoms with Crippen molar-refractivity contribution in [3.8, 4) is 5.75 Å². The number of benzene rings is 1. The van der Waals surface area contributed by atoms with Crippen LogP contribution in [0.15, 0.2) is 47.7 Å². The van der Waals surface area contributed by atoms with E-state index < -0.39 is 0 Å². The number of halogens is 2. The Morgan fingerprint density at radius 1 is 1.32 bits per heavy atom. The van der Waals surface area contributed by atoms with E-state index in [1.54, 1.807) is 6.20 Å². The van der Waals surface area contributed by atoms with E-state index in [0.717, 1.165) is 31.3 Å². The molecule has 0 bridgehead atoms. The van der Waals surface area contributed by atoms with Crippen molar-refractivity contribution in [1.82, 2.24) is 20.4 Å². The smallest absolute Gasteiger partial charge is 0.191 e. The van der Waals surface area contributed by atoms with Gasteiger partial charge in [0.1, 0.15) is 11.9 Å². The molecular weight excluding hydrogens is 453 g/mol. The van der Waals surface area contributed by atoms with Gasteiger partial charge >= 0.3 is 0 Å². The summed E-state index contributed by atoms with van der Waals surface area (Å²) in [5.74, 6) is 1.56. The standard InChI is InChI=1S/C17H24ClN5O.HI/c1-3-19-17(20-10-12-23-11-4-9-22-23)21-13-14(2)24-16-7-5-15(18)6-8-16;/h4-9,11,14H,3,10,12-13H2,1-2H3,(H2,19,20,21);1H. The molecule has 1 aromatic heterocycles. The van der Waals surface area contributed by atoms with E-state index in [1.807, 2.05) is 55.1 Å². The number of rotatable bonds is 8. The van der Waals surface area contributed by atoms with Crippen LogP contribution in [0.3, 0.4) is 0 Å². The third kappa shape index (κ3) is 8.44. The fourth-order valence-electron chi connectivity index (χ4n) is 2.07. The largest absolute Gasteiger partial charge is 0.489 e. The van der Waals surface area contributed by atoms with Gasteiger partial charge in [-0.1, -0.05) is 11.6 Å². The number of aliphatic imine (C=N–C) groups is 1. The molecule has 1 atom stereocenters. The minimum atomic E-state index is -0.0345. The molecule has 2 N–H and O–H groups in total. The quantitative estimate of drug-likeness (QED) is 0.348. The summed E-state index contributed by atoms with van der Waals surface area (Å²) in [7, 11) is 0. The average Bonchev–Trinajstić information content (AvgIpc) is 3.08. The highest BCUT2D eigenvalue weighted by Crippen LogP contribution is 2.16. The summed E-state index contributed by atoms with van der Waals surface area (Å²) >= 11 is 5.87. The molecule has 25 heavy (non-hydrogen) atoms. The van der Waals surface area contributed by atoms with Gasteiger partial charge in [0.15, 0.2) is 5.96 Å². The monoisotopic (exact) mass is 477 g/mol. The topological polar surface area (TPSA) is 63.5 Å². The predicted octanol–water partition coefficient (Wildman–Crippen LogP) is 3.18. The van der Waals surface area contributed by atoms with Crippen LogP contribution < -0.4 is 15.4 Å². The van der Waals surface area contributed by atoms with Crippen LogP contribution in [0.25, 0.3) is 0 Å². The Morgan fingerprint density at radius 2 is 2.08 bits per heavy atom. The van der Waals surface area contributed by atoms with Crippen LogP contribution in [-0.2, 0) is 6.54 Å². The molecule has 1 heterocycles. The van der Waals surface area contributed by atoms with Gasteiger partial charge in [0.2, 0.25) is 0 Å². The number of nitrogens with zero attached hydrogens (tertiary/aromatic N) is 3. The first-order valence-electron chi connectivity index (χ1n) is 8.09. The first-order chi connectivity index (χ1) is 11.7. The number of hydrogen-bond acceptors (Lipinski definition) is 3. The molecular formula is C17H25ClIN5O. The number of hydrogen-bond donors (Lipinski definition) is 2. The molecule has 0 aliphatic heterocycles. The summed E-state index contributed by atoms with van der Waals surface area (Å²) in [5.41, 5.74) is 0. The highest BCUT2D eigenvalue weighted by atomic mass is 127. The van der Waals surface area contributed by atoms with Crippen molar-refractivity contribution in [1.29, 1.82) is 0 Å². The molecule has 1 unspecified atom stereocenters. The van der Waals surface area contributed by atoms with Gasteiger partial charge in [-0.2, -0.15) is 5.10 Å².